The zero-order valence-corrected chi connectivity index (χ0v) is 36.0. The summed E-state index contributed by atoms with van der Waals surface area (Å²) in [5.41, 5.74) is 11.8. The van der Waals surface area contributed by atoms with Gasteiger partial charge in [-0.05, 0) is 103 Å². The fourth-order valence-electron chi connectivity index (χ4n) is 9.71. The van der Waals surface area contributed by atoms with Crippen molar-refractivity contribution < 1.29 is 0 Å². The van der Waals surface area contributed by atoms with Crippen molar-refractivity contribution in [3.63, 3.8) is 0 Å². The number of fused-ring (bicyclic) bond motifs is 8. The molecular formula is C59H35N3S2. The molecule has 0 aliphatic carbocycles. The zero-order chi connectivity index (χ0) is 42.1. The second-order valence-electron chi connectivity index (χ2n) is 16.3. The Morgan fingerprint density at radius 2 is 0.750 bits per heavy atom. The van der Waals surface area contributed by atoms with Gasteiger partial charge in [0.15, 0.2) is 5.82 Å². The maximum Gasteiger partial charge on any atom is 0.160 e. The molecule has 13 aromatic rings. The van der Waals surface area contributed by atoms with Gasteiger partial charge in [-0.1, -0.05) is 152 Å². The maximum atomic E-state index is 5.65. The van der Waals surface area contributed by atoms with Gasteiger partial charge in [0, 0.05) is 69.4 Å². The van der Waals surface area contributed by atoms with Gasteiger partial charge in [0.25, 0.3) is 0 Å². The molecule has 0 bridgehead atoms. The van der Waals surface area contributed by atoms with Crippen LogP contribution < -0.4 is 0 Å². The summed E-state index contributed by atoms with van der Waals surface area (Å²) >= 11 is 3.72. The van der Waals surface area contributed by atoms with Gasteiger partial charge in [0.2, 0.25) is 0 Å². The maximum absolute atomic E-state index is 5.65. The molecule has 9 aromatic carbocycles. The zero-order valence-electron chi connectivity index (χ0n) is 34.4. The van der Waals surface area contributed by atoms with Crippen molar-refractivity contribution in [3.05, 3.63) is 213 Å². The number of hydrogen-bond acceptors (Lipinski definition) is 5. The molecule has 5 heteroatoms. The van der Waals surface area contributed by atoms with E-state index in [4.69, 9.17) is 9.97 Å². The van der Waals surface area contributed by atoms with E-state index in [2.05, 4.69) is 205 Å². The van der Waals surface area contributed by atoms with Gasteiger partial charge in [-0.3, -0.25) is 4.98 Å². The molecule has 4 heterocycles. The van der Waals surface area contributed by atoms with Gasteiger partial charge in [0.1, 0.15) is 0 Å². The molecule has 0 amide bonds. The molecule has 0 aliphatic rings. The summed E-state index contributed by atoms with van der Waals surface area (Å²) in [7, 11) is 0. The highest BCUT2D eigenvalue weighted by molar-refractivity contribution is 7.26. The topological polar surface area (TPSA) is 38.7 Å². The number of thiophene rings is 2. The van der Waals surface area contributed by atoms with E-state index in [9.17, 15) is 0 Å². The third-order valence-electron chi connectivity index (χ3n) is 12.6. The fourth-order valence-corrected chi connectivity index (χ4v) is 12.2. The van der Waals surface area contributed by atoms with Gasteiger partial charge in [-0.2, -0.15) is 0 Å². The number of aromatic nitrogens is 3. The van der Waals surface area contributed by atoms with Crippen LogP contribution in [0.1, 0.15) is 0 Å². The van der Waals surface area contributed by atoms with E-state index < -0.39 is 0 Å². The van der Waals surface area contributed by atoms with Crippen molar-refractivity contribution in [2.24, 2.45) is 0 Å². The molecule has 13 rings (SSSR count). The SMILES string of the molecule is c1ccc(-c2cc(-c3c4ccccc4c(-c4ccncc4)c4ccccc34)nc(-c3cc(-c4cccc5c4sc4ccccc45)cc(-c4cccc5c4sc4ccccc45)c3)n2)cc1. The summed E-state index contributed by atoms with van der Waals surface area (Å²) in [4.78, 5) is 15.5. The summed E-state index contributed by atoms with van der Waals surface area (Å²) in [6.45, 7) is 0. The third-order valence-corrected chi connectivity index (χ3v) is 15.0. The Labute approximate surface area is 377 Å². The molecule has 0 unspecified atom stereocenters. The summed E-state index contributed by atoms with van der Waals surface area (Å²) in [5, 5.41) is 9.73. The largest absolute Gasteiger partial charge is 0.265 e. The number of rotatable bonds is 6. The Balaban J connectivity index is 1.11. The third kappa shape index (κ3) is 5.97. The first kappa shape index (κ1) is 36.8. The molecule has 0 spiro atoms. The first-order valence-corrected chi connectivity index (χ1v) is 23.1. The van der Waals surface area contributed by atoms with Gasteiger partial charge < -0.3 is 0 Å². The molecule has 4 aromatic heterocycles. The first-order chi connectivity index (χ1) is 31.7. The second-order valence-corrected chi connectivity index (χ2v) is 18.4. The van der Waals surface area contributed by atoms with Crippen LogP contribution in [-0.4, -0.2) is 15.0 Å². The van der Waals surface area contributed by atoms with E-state index in [1.165, 1.54) is 67.8 Å². The van der Waals surface area contributed by atoms with Crippen molar-refractivity contribution in [1.29, 1.82) is 0 Å². The number of pyridine rings is 1. The van der Waals surface area contributed by atoms with Crippen molar-refractivity contribution in [3.8, 4) is 67.3 Å². The Hall–Kier alpha value is -7.83. The van der Waals surface area contributed by atoms with E-state index in [0.29, 0.717) is 5.82 Å². The molecular weight excluding hydrogens is 815 g/mol. The lowest BCUT2D eigenvalue weighted by molar-refractivity contribution is 1.19. The minimum atomic E-state index is 0.679. The van der Waals surface area contributed by atoms with Gasteiger partial charge in [0.05, 0.1) is 11.4 Å². The van der Waals surface area contributed by atoms with Crippen LogP contribution in [0.25, 0.3) is 129 Å². The summed E-state index contributed by atoms with van der Waals surface area (Å²) in [6, 6.07) is 72.3. The van der Waals surface area contributed by atoms with E-state index in [0.717, 1.165) is 55.5 Å². The minimum Gasteiger partial charge on any atom is -0.265 e. The van der Waals surface area contributed by atoms with Gasteiger partial charge in [-0.15, -0.1) is 22.7 Å². The lowest BCUT2D eigenvalue weighted by atomic mass is 9.87. The van der Waals surface area contributed by atoms with Crippen LogP contribution in [0.5, 0.6) is 0 Å². The van der Waals surface area contributed by atoms with Crippen LogP contribution in [0.4, 0.5) is 0 Å². The molecule has 0 fully saturated rings. The fraction of sp³-hybridized carbons (Fsp3) is 0. The van der Waals surface area contributed by atoms with Crippen molar-refractivity contribution in [2.45, 2.75) is 0 Å². The normalized spacial score (nSPS) is 11.8. The number of benzene rings is 9. The Bertz CT molecular complexity index is 3770. The van der Waals surface area contributed by atoms with Gasteiger partial charge >= 0.3 is 0 Å². The van der Waals surface area contributed by atoms with Crippen LogP contribution in [0, 0.1) is 0 Å². The lowest BCUT2D eigenvalue weighted by Crippen LogP contribution is -1.98. The molecule has 0 N–H and O–H groups in total. The Kier molecular flexibility index (Phi) is 8.58. The molecule has 0 atom stereocenters. The number of nitrogens with zero attached hydrogens (tertiary/aromatic N) is 3. The summed E-state index contributed by atoms with van der Waals surface area (Å²) in [6.07, 6.45) is 3.75. The van der Waals surface area contributed by atoms with Crippen LogP contribution in [0.2, 0.25) is 0 Å². The monoisotopic (exact) mass is 849 g/mol. The second kappa shape index (κ2) is 14.9. The number of hydrogen-bond donors (Lipinski definition) is 0. The van der Waals surface area contributed by atoms with E-state index in [1.54, 1.807) is 0 Å². The quantitative estimate of drug-likeness (QED) is 0.156. The smallest absolute Gasteiger partial charge is 0.160 e. The lowest BCUT2D eigenvalue weighted by Gasteiger charge is -2.18. The highest BCUT2D eigenvalue weighted by Gasteiger charge is 2.21. The molecule has 0 saturated heterocycles. The minimum absolute atomic E-state index is 0.679. The van der Waals surface area contributed by atoms with Crippen molar-refractivity contribution in [1.82, 2.24) is 15.0 Å². The van der Waals surface area contributed by atoms with Crippen LogP contribution in [0.15, 0.2) is 213 Å². The molecule has 298 valence electrons. The van der Waals surface area contributed by atoms with E-state index in [1.807, 2.05) is 35.1 Å². The highest BCUT2D eigenvalue weighted by Crippen LogP contribution is 2.47. The van der Waals surface area contributed by atoms with Gasteiger partial charge in [-0.25, -0.2) is 9.97 Å². The standard InChI is InChI=1S/C59H35N3S2/c1-2-14-36(15-3-1)51-35-52(56-47-20-6-4-18-45(47)55(37-28-30-60-31-29-37)46-19-5-7-21-48(46)56)62-59(61-51)40-33-38(41-22-12-24-49-43-16-8-10-26-53(43)63-57(41)49)32-39(34-40)42-23-13-25-50-44-17-9-11-27-54(44)64-58(42)50/h1-35H. The molecule has 3 nitrogen and oxygen atoms in total. The predicted molar refractivity (Wildman–Crippen MR) is 273 cm³/mol. The average Bonchev–Trinajstić information content (AvgIpc) is 3.95. The average molecular weight is 850 g/mol. The van der Waals surface area contributed by atoms with Crippen molar-refractivity contribution in [2.75, 3.05) is 0 Å². The summed E-state index contributed by atoms with van der Waals surface area (Å²) in [5.74, 6) is 0.679. The van der Waals surface area contributed by atoms with Crippen molar-refractivity contribution >= 4 is 84.6 Å². The van der Waals surface area contributed by atoms with E-state index in [-0.39, 0.29) is 0 Å². The molecule has 0 radical (unpaired) electrons. The molecule has 0 saturated carbocycles. The first-order valence-electron chi connectivity index (χ1n) is 21.5. The van der Waals surface area contributed by atoms with Crippen LogP contribution in [-0.2, 0) is 0 Å². The predicted octanol–water partition coefficient (Wildman–Crippen LogP) is 16.9. The molecule has 64 heavy (non-hydrogen) atoms. The molecule has 0 aliphatic heterocycles. The Morgan fingerprint density at radius 3 is 1.31 bits per heavy atom. The van der Waals surface area contributed by atoms with Crippen LogP contribution in [0.3, 0.4) is 0 Å². The highest BCUT2D eigenvalue weighted by atomic mass is 32.1. The van der Waals surface area contributed by atoms with E-state index >= 15 is 0 Å². The van der Waals surface area contributed by atoms with Crippen LogP contribution >= 0.6 is 22.7 Å². The summed E-state index contributed by atoms with van der Waals surface area (Å²) < 4.78 is 5.13. The Morgan fingerprint density at radius 1 is 0.297 bits per heavy atom.